The number of nitrogens with zero attached hydrogens (tertiary/aromatic N) is 2. The fraction of sp³-hybridized carbons (Fsp3) is 0.333. The summed E-state index contributed by atoms with van der Waals surface area (Å²) in [4.78, 5) is 28.4. The van der Waals surface area contributed by atoms with Crippen molar-refractivity contribution in [1.29, 1.82) is 0 Å². The van der Waals surface area contributed by atoms with Gasteiger partial charge in [0.25, 0.3) is 5.91 Å². The van der Waals surface area contributed by atoms with Crippen molar-refractivity contribution in [3.63, 3.8) is 0 Å². The number of carbonyl (C=O) groups is 2. The van der Waals surface area contributed by atoms with Crippen LogP contribution in [0.2, 0.25) is 0 Å². The molecule has 3 rings (SSSR count). The van der Waals surface area contributed by atoms with Gasteiger partial charge in [0.1, 0.15) is 0 Å². The van der Waals surface area contributed by atoms with Gasteiger partial charge < -0.3 is 9.80 Å². The van der Waals surface area contributed by atoms with Crippen LogP contribution in [0.4, 0.5) is 5.69 Å². The molecular weight excluding hydrogens is 344 g/mol. The van der Waals surface area contributed by atoms with Crippen molar-refractivity contribution >= 4 is 29.1 Å². The van der Waals surface area contributed by atoms with Crippen molar-refractivity contribution in [2.24, 2.45) is 0 Å². The fourth-order valence-electron chi connectivity index (χ4n) is 3.22. The molecule has 1 heterocycles. The first kappa shape index (κ1) is 18.5. The molecule has 0 N–H and O–H groups in total. The predicted octanol–water partition coefficient (Wildman–Crippen LogP) is 3.71. The van der Waals surface area contributed by atoms with Gasteiger partial charge in [-0.1, -0.05) is 12.1 Å². The van der Waals surface area contributed by atoms with E-state index in [1.165, 1.54) is 5.56 Å². The van der Waals surface area contributed by atoms with Gasteiger partial charge in [0.15, 0.2) is 5.78 Å². The minimum absolute atomic E-state index is 0.0793. The molecule has 0 unspecified atom stereocenters. The molecule has 1 saturated heterocycles. The number of rotatable bonds is 5. The number of benzene rings is 2. The average molecular weight is 369 g/mol. The van der Waals surface area contributed by atoms with Gasteiger partial charge in [-0.15, -0.1) is 0 Å². The zero-order chi connectivity index (χ0) is 18.5. The molecule has 1 aliphatic rings. The highest BCUT2D eigenvalue weighted by atomic mass is 32.2. The molecule has 26 heavy (non-hydrogen) atoms. The summed E-state index contributed by atoms with van der Waals surface area (Å²) >= 11 is 1.76. The molecular formula is C21H24N2O2S. The van der Waals surface area contributed by atoms with Crippen LogP contribution in [-0.2, 0) is 5.75 Å². The smallest absolute Gasteiger partial charge is 0.253 e. The van der Waals surface area contributed by atoms with Crippen LogP contribution in [0.15, 0.2) is 48.5 Å². The Morgan fingerprint density at radius 1 is 0.962 bits per heavy atom. The molecule has 2 aromatic carbocycles. The lowest BCUT2D eigenvalue weighted by Gasteiger charge is -2.36. The molecule has 5 heteroatoms. The van der Waals surface area contributed by atoms with Crippen LogP contribution in [0.3, 0.4) is 0 Å². The highest BCUT2D eigenvalue weighted by Gasteiger charge is 2.22. The Morgan fingerprint density at radius 3 is 2.27 bits per heavy atom. The predicted molar refractivity (Wildman–Crippen MR) is 108 cm³/mol. The van der Waals surface area contributed by atoms with Gasteiger partial charge in [-0.05, 0) is 55.1 Å². The molecule has 0 saturated carbocycles. The summed E-state index contributed by atoms with van der Waals surface area (Å²) in [5.74, 6) is 1.11. The largest absolute Gasteiger partial charge is 0.368 e. The summed E-state index contributed by atoms with van der Waals surface area (Å²) in [6.45, 7) is 4.60. The van der Waals surface area contributed by atoms with Crippen LogP contribution >= 0.6 is 11.8 Å². The molecule has 1 amide bonds. The van der Waals surface area contributed by atoms with E-state index < -0.39 is 0 Å². The fourth-order valence-corrected chi connectivity index (χ4v) is 3.73. The lowest BCUT2D eigenvalue weighted by atomic mass is 10.1. The van der Waals surface area contributed by atoms with Crippen molar-refractivity contribution in [2.45, 2.75) is 12.7 Å². The molecule has 0 spiro atoms. The van der Waals surface area contributed by atoms with Crippen LogP contribution in [0.25, 0.3) is 0 Å². The third-order valence-electron chi connectivity index (χ3n) is 4.69. The maximum Gasteiger partial charge on any atom is 0.253 e. The average Bonchev–Trinajstić information content (AvgIpc) is 2.68. The summed E-state index contributed by atoms with van der Waals surface area (Å²) in [6.07, 6.45) is 2.07. The molecule has 1 fully saturated rings. The molecule has 0 atom stereocenters. The third kappa shape index (κ3) is 4.28. The van der Waals surface area contributed by atoms with Crippen molar-refractivity contribution in [3.05, 3.63) is 65.2 Å². The zero-order valence-electron chi connectivity index (χ0n) is 15.3. The minimum atomic E-state index is 0.0793. The number of piperazine rings is 1. The summed E-state index contributed by atoms with van der Waals surface area (Å²) in [5, 5.41) is 0. The van der Waals surface area contributed by atoms with E-state index in [0.717, 1.165) is 35.7 Å². The Bertz CT molecular complexity index is 781. The van der Waals surface area contributed by atoms with Gasteiger partial charge >= 0.3 is 0 Å². The minimum Gasteiger partial charge on any atom is -0.368 e. The Balaban J connectivity index is 1.61. The number of Topliss-reactive ketones (excluding diaryl/α,β-unsaturated/α-hetero) is 1. The van der Waals surface area contributed by atoms with Gasteiger partial charge in [-0.2, -0.15) is 11.8 Å². The number of amides is 1. The summed E-state index contributed by atoms with van der Waals surface area (Å²) in [7, 11) is 0. The van der Waals surface area contributed by atoms with E-state index in [1.54, 1.807) is 18.7 Å². The number of anilines is 1. The molecule has 0 aromatic heterocycles. The van der Waals surface area contributed by atoms with Crippen LogP contribution in [0, 0.1) is 0 Å². The first-order chi connectivity index (χ1) is 12.6. The van der Waals surface area contributed by atoms with Crippen LogP contribution in [0.1, 0.15) is 33.2 Å². The second-order valence-electron chi connectivity index (χ2n) is 6.52. The van der Waals surface area contributed by atoms with Crippen LogP contribution in [-0.4, -0.2) is 49.0 Å². The number of ketones is 1. The van der Waals surface area contributed by atoms with Gasteiger partial charge in [0, 0.05) is 48.7 Å². The SMILES string of the molecule is CSCc1cccc(C(=O)N2CCN(c3ccc(C(C)=O)cc3)CC2)c1. The normalized spacial score (nSPS) is 14.4. The number of thioether (sulfide) groups is 1. The molecule has 0 radical (unpaired) electrons. The lowest BCUT2D eigenvalue weighted by molar-refractivity contribution is 0.0746. The Kier molecular flexibility index (Phi) is 5.99. The van der Waals surface area contributed by atoms with E-state index in [4.69, 9.17) is 0 Å². The number of hydrogen-bond acceptors (Lipinski definition) is 4. The van der Waals surface area contributed by atoms with E-state index in [1.807, 2.05) is 47.4 Å². The second-order valence-corrected chi connectivity index (χ2v) is 7.38. The Hall–Kier alpha value is -2.27. The third-order valence-corrected chi connectivity index (χ3v) is 5.31. The first-order valence-electron chi connectivity index (χ1n) is 8.81. The van der Waals surface area contributed by atoms with Crippen molar-refractivity contribution in [3.8, 4) is 0 Å². The summed E-state index contributed by atoms with van der Waals surface area (Å²) in [6, 6.07) is 15.6. The van der Waals surface area contributed by atoms with E-state index >= 15 is 0 Å². The second kappa shape index (κ2) is 8.41. The molecule has 0 bridgehead atoms. The van der Waals surface area contributed by atoms with E-state index in [9.17, 15) is 9.59 Å². The maximum absolute atomic E-state index is 12.8. The monoisotopic (exact) mass is 368 g/mol. The quantitative estimate of drug-likeness (QED) is 0.755. The summed E-state index contributed by atoms with van der Waals surface area (Å²) < 4.78 is 0. The molecule has 136 valence electrons. The highest BCUT2D eigenvalue weighted by Crippen LogP contribution is 2.19. The molecule has 1 aliphatic heterocycles. The van der Waals surface area contributed by atoms with Crippen LogP contribution < -0.4 is 4.90 Å². The van der Waals surface area contributed by atoms with Crippen molar-refractivity contribution in [1.82, 2.24) is 4.90 Å². The number of hydrogen-bond donors (Lipinski definition) is 0. The van der Waals surface area contributed by atoms with Gasteiger partial charge in [-0.25, -0.2) is 0 Å². The summed E-state index contributed by atoms with van der Waals surface area (Å²) in [5.41, 5.74) is 3.79. The first-order valence-corrected chi connectivity index (χ1v) is 10.2. The lowest BCUT2D eigenvalue weighted by Crippen LogP contribution is -2.48. The standard InChI is InChI=1S/C21H24N2O2S/c1-16(24)18-6-8-20(9-7-18)22-10-12-23(13-11-22)21(25)19-5-3-4-17(14-19)15-26-2/h3-9,14H,10-13,15H2,1-2H3. The highest BCUT2D eigenvalue weighted by molar-refractivity contribution is 7.97. The van der Waals surface area contributed by atoms with E-state index in [0.29, 0.717) is 13.1 Å². The molecule has 2 aromatic rings. The van der Waals surface area contributed by atoms with Gasteiger partial charge in [0.2, 0.25) is 0 Å². The van der Waals surface area contributed by atoms with Crippen molar-refractivity contribution in [2.75, 3.05) is 37.3 Å². The zero-order valence-corrected chi connectivity index (χ0v) is 16.1. The van der Waals surface area contributed by atoms with Crippen molar-refractivity contribution < 1.29 is 9.59 Å². The topological polar surface area (TPSA) is 40.6 Å². The van der Waals surface area contributed by atoms with Gasteiger partial charge in [0.05, 0.1) is 0 Å². The van der Waals surface area contributed by atoms with Gasteiger partial charge in [-0.3, -0.25) is 9.59 Å². The Morgan fingerprint density at radius 2 is 1.65 bits per heavy atom. The van der Waals surface area contributed by atoms with Crippen LogP contribution in [0.5, 0.6) is 0 Å². The number of carbonyl (C=O) groups excluding carboxylic acids is 2. The molecule has 0 aliphatic carbocycles. The van der Waals surface area contributed by atoms with E-state index in [-0.39, 0.29) is 11.7 Å². The maximum atomic E-state index is 12.8. The Labute approximate surface area is 159 Å². The molecule has 4 nitrogen and oxygen atoms in total. The van der Waals surface area contributed by atoms with E-state index in [2.05, 4.69) is 17.2 Å².